The maximum absolute atomic E-state index is 13.0. The second-order valence-electron chi connectivity index (χ2n) is 7.63. The number of aliphatic imine (C=N–C) groups is 1. The van der Waals surface area contributed by atoms with E-state index >= 15 is 0 Å². The van der Waals surface area contributed by atoms with E-state index in [9.17, 15) is 9.59 Å². The molecule has 1 atom stereocenters. The molecule has 0 spiro atoms. The molecule has 2 aromatic carbocycles. The lowest BCUT2D eigenvalue weighted by Crippen LogP contribution is -2.45. The van der Waals surface area contributed by atoms with Crippen LogP contribution in [0, 0.1) is 0 Å². The molecule has 0 saturated carbocycles. The lowest BCUT2D eigenvalue weighted by atomic mass is 9.94. The van der Waals surface area contributed by atoms with Gasteiger partial charge in [0.15, 0.2) is 5.17 Å². The first-order valence-corrected chi connectivity index (χ1v) is 11.7. The summed E-state index contributed by atoms with van der Waals surface area (Å²) < 4.78 is 16.3. The van der Waals surface area contributed by atoms with Crippen LogP contribution in [0.4, 0.5) is 0 Å². The van der Waals surface area contributed by atoms with Gasteiger partial charge in [0.2, 0.25) is 5.91 Å². The number of nitrogens with zero attached hydrogens (tertiary/aromatic N) is 2. The Morgan fingerprint density at radius 1 is 1.12 bits per heavy atom. The van der Waals surface area contributed by atoms with Crippen molar-refractivity contribution in [3.8, 4) is 5.75 Å². The van der Waals surface area contributed by atoms with Crippen LogP contribution in [0.2, 0.25) is 0 Å². The number of methoxy groups -OCH3 is 1. The summed E-state index contributed by atoms with van der Waals surface area (Å²) in [5, 5.41) is 0.617. The molecule has 172 valence electrons. The maximum atomic E-state index is 13.0. The van der Waals surface area contributed by atoms with Crippen molar-refractivity contribution in [2.75, 3.05) is 26.1 Å². The maximum Gasteiger partial charge on any atom is 0.338 e. The number of amidine groups is 1. The van der Waals surface area contributed by atoms with E-state index < -0.39 is 12.0 Å². The Morgan fingerprint density at radius 3 is 2.61 bits per heavy atom. The fourth-order valence-corrected chi connectivity index (χ4v) is 4.76. The van der Waals surface area contributed by atoms with E-state index in [4.69, 9.17) is 14.2 Å². The lowest BCUT2D eigenvalue weighted by Gasteiger charge is -2.38. The number of thioether (sulfide) groups is 1. The molecule has 0 bridgehead atoms. The van der Waals surface area contributed by atoms with Crippen molar-refractivity contribution in [3.63, 3.8) is 0 Å². The van der Waals surface area contributed by atoms with Gasteiger partial charge in [0.05, 0.1) is 23.9 Å². The van der Waals surface area contributed by atoms with E-state index in [1.807, 2.05) is 54.6 Å². The van der Waals surface area contributed by atoms with E-state index in [0.29, 0.717) is 47.6 Å². The van der Waals surface area contributed by atoms with Crippen LogP contribution in [-0.4, -0.2) is 48.0 Å². The summed E-state index contributed by atoms with van der Waals surface area (Å²) in [5.41, 5.74) is 2.79. The number of rotatable bonds is 8. The van der Waals surface area contributed by atoms with Gasteiger partial charge in [0.25, 0.3) is 0 Å². The SMILES string of the molecule is COCCOC(=O)C1=C(C)N=C2SCCC(=O)N2C1c1ccc(OCc2ccccc2)cc1. The minimum absolute atomic E-state index is 0.0587. The van der Waals surface area contributed by atoms with Crippen molar-refractivity contribution in [3.05, 3.63) is 77.0 Å². The lowest BCUT2D eigenvalue weighted by molar-refractivity contribution is -0.141. The number of esters is 1. The van der Waals surface area contributed by atoms with Crippen molar-refractivity contribution in [2.45, 2.75) is 26.0 Å². The monoisotopic (exact) mass is 466 g/mol. The van der Waals surface area contributed by atoms with Crippen molar-refractivity contribution in [1.29, 1.82) is 0 Å². The summed E-state index contributed by atoms with van der Waals surface area (Å²) >= 11 is 1.52. The highest BCUT2D eigenvalue weighted by atomic mass is 32.2. The summed E-state index contributed by atoms with van der Waals surface area (Å²) in [5.74, 6) is 0.826. The van der Waals surface area contributed by atoms with Crippen LogP contribution in [-0.2, 0) is 25.7 Å². The zero-order valence-electron chi connectivity index (χ0n) is 18.7. The molecule has 1 amide bonds. The first-order chi connectivity index (χ1) is 16.1. The predicted octanol–water partition coefficient (Wildman–Crippen LogP) is 4.11. The number of benzene rings is 2. The van der Waals surface area contributed by atoms with E-state index in [-0.39, 0.29) is 12.5 Å². The molecule has 7 nitrogen and oxygen atoms in total. The highest BCUT2D eigenvalue weighted by Gasteiger charge is 2.41. The van der Waals surface area contributed by atoms with Crippen LogP contribution >= 0.6 is 11.8 Å². The zero-order chi connectivity index (χ0) is 23.2. The number of fused-ring (bicyclic) bond motifs is 1. The molecule has 2 heterocycles. The summed E-state index contributed by atoms with van der Waals surface area (Å²) in [4.78, 5) is 32.1. The van der Waals surface area contributed by atoms with Gasteiger partial charge in [-0.3, -0.25) is 9.69 Å². The molecule has 0 radical (unpaired) electrons. The van der Waals surface area contributed by atoms with Crippen molar-refractivity contribution in [2.24, 2.45) is 4.99 Å². The Kier molecular flexibility index (Phi) is 7.47. The fourth-order valence-electron chi connectivity index (χ4n) is 3.76. The Balaban J connectivity index is 1.61. The second-order valence-corrected chi connectivity index (χ2v) is 8.69. The molecule has 0 aromatic heterocycles. The normalized spacial score (nSPS) is 18.0. The van der Waals surface area contributed by atoms with E-state index in [0.717, 1.165) is 11.1 Å². The van der Waals surface area contributed by atoms with Gasteiger partial charge in [-0.1, -0.05) is 54.2 Å². The number of carbonyl (C=O) groups excluding carboxylic acids is 2. The molecular formula is C25H26N2O5S. The minimum Gasteiger partial charge on any atom is -0.489 e. The smallest absolute Gasteiger partial charge is 0.338 e. The molecule has 2 aliphatic heterocycles. The van der Waals surface area contributed by atoms with Gasteiger partial charge in [-0.15, -0.1) is 0 Å². The molecule has 4 rings (SSSR count). The van der Waals surface area contributed by atoms with E-state index in [1.165, 1.54) is 11.8 Å². The van der Waals surface area contributed by atoms with Gasteiger partial charge >= 0.3 is 5.97 Å². The Morgan fingerprint density at radius 2 is 1.88 bits per heavy atom. The molecule has 1 fully saturated rings. The second kappa shape index (κ2) is 10.7. The molecule has 2 aromatic rings. The third kappa shape index (κ3) is 5.29. The topological polar surface area (TPSA) is 77.4 Å². The molecule has 8 heteroatoms. The predicted molar refractivity (Wildman–Crippen MR) is 127 cm³/mol. The summed E-state index contributed by atoms with van der Waals surface area (Å²) in [6.07, 6.45) is 0.392. The molecule has 2 aliphatic rings. The number of allylic oxidation sites excluding steroid dienone is 1. The average molecular weight is 467 g/mol. The summed E-state index contributed by atoms with van der Waals surface area (Å²) in [7, 11) is 1.55. The first kappa shape index (κ1) is 23.1. The zero-order valence-corrected chi connectivity index (χ0v) is 19.5. The first-order valence-electron chi connectivity index (χ1n) is 10.8. The third-order valence-electron chi connectivity index (χ3n) is 5.39. The fraction of sp³-hybridized carbons (Fsp3) is 0.320. The molecule has 33 heavy (non-hydrogen) atoms. The molecular weight excluding hydrogens is 440 g/mol. The minimum atomic E-state index is -0.601. The molecule has 1 unspecified atom stereocenters. The van der Waals surface area contributed by atoms with Crippen LogP contribution in [0.15, 0.2) is 70.9 Å². The van der Waals surface area contributed by atoms with Crippen molar-refractivity contribution >= 4 is 28.8 Å². The summed E-state index contributed by atoms with van der Waals surface area (Å²) in [6.45, 7) is 2.66. The Labute approximate surface area is 197 Å². The quantitative estimate of drug-likeness (QED) is 0.431. The standard InChI is InChI=1S/C25H26N2O5S/c1-17-22(24(29)31-14-13-30-2)23(27-21(28)12-15-33-25(27)26-17)19-8-10-20(11-9-19)32-16-18-6-4-3-5-7-18/h3-11,23H,12-16H2,1-2H3. The third-order valence-corrected chi connectivity index (χ3v) is 6.35. The van der Waals surface area contributed by atoms with Crippen LogP contribution in [0.3, 0.4) is 0 Å². The van der Waals surface area contributed by atoms with E-state index in [1.54, 1.807) is 18.9 Å². The summed E-state index contributed by atoms with van der Waals surface area (Å²) in [6, 6.07) is 16.8. The average Bonchev–Trinajstić information content (AvgIpc) is 2.83. The van der Waals surface area contributed by atoms with Gasteiger partial charge in [-0.2, -0.15) is 0 Å². The number of amides is 1. The molecule has 1 saturated heterocycles. The van der Waals surface area contributed by atoms with Gasteiger partial charge < -0.3 is 14.2 Å². The highest BCUT2D eigenvalue weighted by molar-refractivity contribution is 8.14. The van der Waals surface area contributed by atoms with Gasteiger partial charge in [-0.25, -0.2) is 9.79 Å². The van der Waals surface area contributed by atoms with E-state index in [2.05, 4.69) is 4.99 Å². The van der Waals surface area contributed by atoms with Gasteiger partial charge in [-0.05, 0) is 30.2 Å². The Hall–Kier alpha value is -3.10. The number of hydrogen-bond acceptors (Lipinski definition) is 7. The molecule has 0 N–H and O–H groups in total. The van der Waals surface area contributed by atoms with Crippen molar-refractivity contribution < 1.29 is 23.8 Å². The van der Waals surface area contributed by atoms with Gasteiger partial charge in [0.1, 0.15) is 19.0 Å². The van der Waals surface area contributed by atoms with Gasteiger partial charge in [0, 0.05) is 19.3 Å². The number of hydrogen-bond donors (Lipinski definition) is 0. The van der Waals surface area contributed by atoms with Crippen LogP contribution in [0.5, 0.6) is 5.75 Å². The van der Waals surface area contributed by atoms with Crippen LogP contribution in [0.1, 0.15) is 30.5 Å². The van der Waals surface area contributed by atoms with Crippen LogP contribution in [0.25, 0.3) is 0 Å². The number of carbonyl (C=O) groups is 2. The highest BCUT2D eigenvalue weighted by Crippen LogP contribution is 2.40. The van der Waals surface area contributed by atoms with Crippen molar-refractivity contribution in [1.82, 2.24) is 4.90 Å². The van der Waals surface area contributed by atoms with Crippen LogP contribution < -0.4 is 4.74 Å². The number of ether oxygens (including phenoxy) is 3. The largest absolute Gasteiger partial charge is 0.489 e. The Bertz CT molecular complexity index is 1070. The molecule has 0 aliphatic carbocycles.